The average molecular weight is 680 g/mol. The second kappa shape index (κ2) is 13.1. The zero-order valence-corrected chi connectivity index (χ0v) is 26.0. The lowest BCUT2D eigenvalue weighted by Gasteiger charge is -2.32. The zero-order valence-electron chi connectivity index (χ0n) is 26.0. The Hall–Kier alpha value is -4.04. The van der Waals surface area contributed by atoms with Crippen molar-refractivity contribution in [1.82, 2.24) is 15.6 Å². The molecule has 0 radical (unpaired) electrons. The van der Waals surface area contributed by atoms with Crippen molar-refractivity contribution in [2.45, 2.75) is 56.4 Å². The monoisotopic (exact) mass is 679 g/mol. The summed E-state index contributed by atoms with van der Waals surface area (Å²) in [6, 6.07) is 9.38. The standard InChI is InChI=1S/C34H35F6N3O5/c1-32(16-41-14-19-2-3-19)18-47-29-24(32)13-27(43-28(29)21-6-9-23(35)10-7-21)33(45,34(38,39)40)17-42-30(44)22-8-11-25(48-31(36)37)26(12-22)46-15-20-4-5-20/h6-13,19-20,31,41,45H,2-5,14-18H2,1H3,(H,42,44)/t32-,33-/m0/s1. The molecule has 2 aromatic carbocycles. The summed E-state index contributed by atoms with van der Waals surface area (Å²) in [5, 5.41) is 16.9. The molecule has 1 amide bonds. The molecule has 1 aliphatic heterocycles. The molecule has 2 fully saturated rings. The first-order chi connectivity index (χ1) is 22.8. The summed E-state index contributed by atoms with van der Waals surface area (Å²) in [7, 11) is 0. The molecule has 2 saturated carbocycles. The van der Waals surface area contributed by atoms with Crippen LogP contribution in [0.5, 0.6) is 17.2 Å². The summed E-state index contributed by atoms with van der Waals surface area (Å²) in [6.07, 6.45) is -1.33. The summed E-state index contributed by atoms with van der Waals surface area (Å²) >= 11 is 0. The van der Waals surface area contributed by atoms with Gasteiger partial charge in [0.2, 0.25) is 5.60 Å². The molecule has 8 nitrogen and oxygen atoms in total. The van der Waals surface area contributed by atoms with Crippen LogP contribution in [0.1, 0.15) is 54.2 Å². The van der Waals surface area contributed by atoms with E-state index in [-0.39, 0.29) is 53.2 Å². The van der Waals surface area contributed by atoms with Gasteiger partial charge in [-0.15, -0.1) is 0 Å². The molecule has 0 saturated heterocycles. The first-order valence-electron chi connectivity index (χ1n) is 15.7. The number of aromatic nitrogens is 1. The van der Waals surface area contributed by atoms with Gasteiger partial charge in [0.15, 0.2) is 11.5 Å². The van der Waals surface area contributed by atoms with Crippen LogP contribution in [-0.4, -0.2) is 61.6 Å². The minimum atomic E-state index is -5.32. The minimum Gasteiger partial charge on any atom is -0.490 e. The molecule has 3 aliphatic rings. The van der Waals surface area contributed by atoms with Gasteiger partial charge in [-0.3, -0.25) is 4.79 Å². The second-order valence-electron chi connectivity index (χ2n) is 13.0. The van der Waals surface area contributed by atoms with E-state index >= 15 is 0 Å². The number of alkyl halides is 5. The maximum atomic E-state index is 14.9. The zero-order chi connectivity index (χ0) is 34.3. The van der Waals surface area contributed by atoms with Gasteiger partial charge < -0.3 is 30.0 Å². The van der Waals surface area contributed by atoms with E-state index in [2.05, 4.69) is 20.4 Å². The van der Waals surface area contributed by atoms with Gasteiger partial charge in [0.05, 0.1) is 25.5 Å². The molecule has 3 N–H and O–H groups in total. The third-order valence-corrected chi connectivity index (χ3v) is 8.91. The molecule has 0 unspecified atom stereocenters. The lowest BCUT2D eigenvalue weighted by molar-refractivity contribution is -0.265. The van der Waals surface area contributed by atoms with E-state index in [1.54, 1.807) is 0 Å². The van der Waals surface area contributed by atoms with Crippen LogP contribution in [0.3, 0.4) is 0 Å². The highest BCUT2D eigenvalue weighted by Gasteiger charge is 2.57. The van der Waals surface area contributed by atoms with Crippen molar-refractivity contribution in [1.29, 1.82) is 0 Å². The lowest BCUT2D eigenvalue weighted by Crippen LogP contribution is -2.51. The van der Waals surface area contributed by atoms with E-state index in [0.717, 1.165) is 68.6 Å². The van der Waals surface area contributed by atoms with E-state index in [1.807, 2.05) is 6.92 Å². The van der Waals surface area contributed by atoms with Gasteiger partial charge in [-0.05, 0) is 92.6 Å². The molecule has 2 aliphatic carbocycles. The number of carbonyl (C=O) groups excluding carboxylic acids is 1. The summed E-state index contributed by atoms with van der Waals surface area (Å²) < 4.78 is 100. The second-order valence-corrected chi connectivity index (χ2v) is 13.0. The Morgan fingerprint density at radius 1 is 1.06 bits per heavy atom. The van der Waals surface area contributed by atoms with Gasteiger partial charge in [0, 0.05) is 28.7 Å². The number of carbonyl (C=O) groups is 1. The first-order valence-corrected chi connectivity index (χ1v) is 15.7. The number of hydrogen-bond donors (Lipinski definition) is 3. The first kappa shape index (κ1) is 33.8. The van der Waals surface area contributed by atoms with Crippen molar-refractivity contribution in [2.24, 2.45) is 11.8 Å². The number of pyridine rings is 1. The number of nitrogens with one attached hydrogen (secondary N) is 2. The Balaban J connectivity index is 1.32. The maximum absolute atomic E-state index is 14.9. The van der Waals surface area contributed by atoms with Gasteiger partial charge in [0.1, 0.15) is 17.3 Å². The van der Waals surface area contributed by atoms with E-state index in [0.29, 0.717) is 18.0 Å². The fourth-order valence-corrected chi connectivity index (χ4v) is 5.57. The summed E-state index contributed by atoms with van der Waals surface area (Å²) in [6.45, 7) is -1.25. The van der Waals surface area contributed by atoms with Crippen LogP contribution in [0, 0.1) is 17.7 Å². The average Bonchev–Trinajstić information content (AvgIpc) is 3.98. The molecule has 2 heterocycles. The fourth-order valence-electron chi connectivity index (χ4n) is 5.57. The highest BCUT2D eigenvalue weighted by molar-refractivity contribution is 5.95. The fraction of sp³-hybridized carbons (Fsp3) is 0.471. The van der Waals surface area contributed by atoms with Crippen molar-refractivity contribution in [2.75, 3.05) is 32.8 Å². The maximum Gasteiger partial charge on any atom is 0.424 e. The molecule has 48 heavy (non-hydrogen) atoms. The molecule has 3 aromatic rings. The van der Waals surface area contributed by atoms with Gasteiger partial charge >= 0.3 is 12.8 Å². The number of benzene rings is 2. The van der Waals surface area contributed by atoms with Crippen molar-refractivity contribution < 1.29 is 50.5 Å². The highest BCUT2D eigenvalue weighted by atomic mass is 19.4. The number of nitrogens with zero attached hydrogens (tertiary/aromatic N) is 1. The third-order valence-electron chi connectivity index (χ3n) is 8.91. The minimum absolute atomic E-state index is 0.0190. The Morgan fingerprint density at radius 3 is 2.42 bits per heavy atom. The largest absolute Gasteiger partial charge is 0.490 e. The van der Waals surface area contributed by atoms with Crippen molar-refractivity contribution in [3.05, 3.63) is 71.2 Å². The summed E-state index contributed by atoms with van der Waals surface area (Å²) in [5.41, 5.74) is -4.86. The third kappa shape index (κ3) is 7.34. The molecule has 258 valence electrons. The van der Waals surface area contributed by atoms with E-state index in [4.69, 9.17) is 9.47 Å². The quantitative estimate of drug-likeness (QED) is 0.177. The topological polar surface area (TPSA) is 102 Å². The van der Waals surface area contributed by atoms with Crippen LogP contribution in [0.25, 0.3) is 11.3 Å². The van der Waals surface area contributed by atoms with Crippen LogP contribution in [0.4, 0.5) is 26.3 Å². The predicted octanol–water partition coefficient (Wildman–Crippen LogP) is 6.11. The normalized spacial score (nSPS) is 20.2. The number of rotatable bonds is 14. The smallest absolute Gasteiger partial charge is 0.424 e. The van der Waals surface area contributed by atoms with Crippen molar-refractivity contribution in [3.63, 3.8) is 0 Å². The SMILES string of the molecule is C[C@]1(CNCC2CC2)COc2c1cc([C@@](O)(CNC(=O)c1ccc(OC(F)F)c(OCC3CC3)c1)C(F)(F)F)nc2-c1ccc(F)cc1. The van der Waals surface area contributed by atoms with Crippen LogP contribution in [0.2, 0.25) is 0 Å². The number of amides is 1. The lowest BCUT2D eigenvalue weighted by atomic mass is 9.82. The molecule has 0 bridgehead atoms. The molecular weight excluding hydrogens is 644 g/mol. The summed E-state index contributed by atoms with van der Waals surface area (Å²) in [5.74, 6) is -1.10. The molecule has 1 aromatic heterocycles. The number of halogens is 6. The Kier molecular flexibility index (Phi) is 9.24. The van der Waals surface area contributed by atoms with Crippen molar-refractivity contribution >= 4 is 5.91 Å². The predicted molar refractivity (Wildman–Crippen MR) is 162 cm³/mol. The molecule has 14 heteroatoms. The van der Waals surface area contributed by atoms with Crippen LogP contribution in [0.15, 0.2) is 48.5 Å². The molecular formula is C34H35F6N3O5. The van der Waals surface area contributed by atoms with Crippen LogP contribution in [-0.2, 0) is 11.0 Å². The van der Waals surface area contributed by atoms with Gasteiger partial charge in [-0.2, -0.15) is 22.0 Å². The van der Waals surface area contributed by atoms with Gasteiger partial charge in [0.25, 0.3) is 5.91 Å². The summed E-state index contributed by atoms with van der Waals surface area (Å²) in [4.78, 5) is 17.4. The van der Waals surface area contributed by atoms with Crippen LogP contribution < -0.4 is 24.8 Å². The van der Waals surface area contributed by atoms with E-state index in [1.165, 1.54) is 12.1 Å². The van der Waals surface area contributed by atoms with E-state index < -0.39 is 47.8 Å². The number of hydrogen-bond acceptors (Lipinski definition) is 7. The molecule has 0 spiro atoms. The van der Waals surface area contributed by atoms with Gasteiger partial charge in [-0.1, -0.05) is 6.92 Å². The Bertz CT molecular complexity index is 1650. The van der Waals surface area contributed by atoms with E-state index in [9.17, 15) is 36.2 Å². The number of ether oxygens (including phenoxy) is 3. The molecule has 2 atom stereocenters. The Morgan fingerprint density at radius 2 is 1.77 bits per heavy atom. The number of fused-ring (bicyclic) bond motifs is 1. The van der Waals surface area contributed by atoms with Gasteiger partial charge in [-0.25, -0.2) is 9.37 Å². The van der Waals surface area contributed by atoms with Crippen molar-refractivity contribution in [3.8, 4) is 28.5 Å². The Labute approximate surface area is 272 Å². The highest BCUT2D eigenvalue weighted by Crippen LogP contribution is 2.48. The molecule has 6 rings (SSSR count). The number of aliphatic hydroxyl groups is 1. The van der Waals surface area contributed by atoms with Crippen LogP contribution >= 0.6 is 0 Å².